The number of esters is 1. The zero-order chi connectivity index (χ0) is 11.5. The van der Waals surface area contributed by atoms with E-state index in [1.165, 1.54) is 0 Å². The summed E-state index contributed by atoms with van der Waals surface area (Å²) in [5.41, 5.74) is 0. The highest BCUT2D eigenvalue weighted by Crippen LogP contribution is 2.25. The summed E-state index contributed by atoms with van der Waals surface area (Å²) in [5, 5.41) is 0.761. The zero-order valence-corrected chi connectivity index (χ0v) is 9.96. The highest BCUT2D eigenvalue weighted by Gasteiger charge is 2.38. The molecule has 0 radical (unpaired) electrons. The normalized spacial score (nSPS) is 24.8. The summed E-state index contributed by atoms with van der Waals surface area (Å²) in [6, 6.07) is 0. The number of amides is 1. The number of carbonyl (C=O) groups excluding carboxylic acids is 2. The molecule has 0 aliphatic carbocycles. The number of carbonyl (C=O) groups is 2. The molecular formula is C10H14N2O3S. The van der Waals surface area contributed by atoms with Gasteiger partial charge in [0.1, 0.15) is 0 Å². The van der Waals surface area contributed by atoms with Crippen LogP contribution in [0.25, 0.3) is 0 Å². The van der Waals surface area contributed by atoms with Crippen molar-refractivity contribution in [1.29, 1.82) is 0 Å². The van der Waals surface area contributed by atoms with Crippen LogP contribution in [0.4, 0.5) is 0 Å². The van der Waals surface area contributed by atoms with Gasteiger partial charge in [0, 0.05) is 18.7 Å². The van der Waals surface area contributed by atoms with Crippen LogP contribution < -0.4 is 0 Å². The van der Waals surface area contributed by atoms with Gasteiger partial charge in [0.15, 0.2) is 5.17 Å². The Kier molecular flexibility index (Phi) is 3.48. The molecule has 0 saturated carbocycles. The molecule has 0 aromatic carbocycles. The van der Waals surface area contributed by atoms with Crippen molar-refractivity contribution in [2.75, 3.05) is 25.4 Å². The van der Waals surface area contributed by atoms with Gasteiger partial charge in [0.2, 0.25) is 5.91 Å². The van der Waals surface area contributed by atoms with Gasteiger partial charge in [0.25, 0.3) is 0 Å². The third-order valence-electron chi connectivity index (χ3n) is 2.55. The Morgan fingerprint density at radius 2 is 2.50 bits per heavy atom. The molecule has 1 saturated heterocycles. The molecule has 5 nitrogen and oxygen atoms in total. The summed E-state index contributed by atoms with van der Waals surface area (Å²) in [6.45, 7) is 3.31. The summed E-state index contributed by atoms with van der Waals surface area (Å²) in [7, 11) is 0. The number of ether oxygens (including phenoxy) is 1. The number of likely N-dealkylation sites (tertiary alicyclic amines) is 1. The van der Waals surface area contributed by atoms with E-state index in [0.29, 0.717) is 13.2 Å². The Labute approximate surface area is 98.2 Å². The number of thioether (sulfide) groups is 1. The Morgan fingerprint density at radius 3 is 3.12 bits per heavy atom. The summed E-state index contributed by atoms with van der Waals surface area (Å²) in [6.07, 6.45) is 0.248. The quantitative estimate of drug-likeness (QED) is 0.662. The van der Waals surface area contributed by atoms with Crippen LogP contribution in [0.15, 0.2) is 4.99 Å². The van der Waals surface area contributed by atoms with Gasteiger partial charge < -0.3 is 4.74 Å². The van der Waals surface area contributed by atoms with Crippen molar-refractivity contribution in [1.82, 2.24) is 4.90 Å². The molecule has 2 aliphatic rings. The molecule has 0 aromatic rings. The smallest absolute Gasteiger partial charge is 0.311 e. The van der Waals surface area contributed by atoms with Gasteiger partial charge in [-0.3, -0.25) is 19.5 Å². The van der Waals surface area contributed by atoms with Gasteiger partial charge >= 0.3 is 5.97 Å². The van der Waals surface area contributed by atoms with Crippen molar-refractivity contribution in [3.8, 4) is 0 Å². The Balaban J connectivity index is 1.98. The Hall–Kier alpha value is -1.04. The maximum Gasteiger partial charge on any atom is 0.311 e. The van der Waals surface area contributed by atoms with Gasteiger partial charge in [-0.15, -0.1) is 0 Å². The van der Waals surface area contributed by atoms with E-state index in [4.69, 9.17) is 4.74 Å². The Bertz CT molecular complexity index is 343. The molecule has 0 spiro atoms. The first-order valence-electron chi connectivity index (χ1n) is 5.36. The van der Waals surface area contributed by atoms with Crippen LogP contribution in [0.3, 0.4) is 0 Å². The number of amidine groups is 1. The molecule has 1 fully saturated rings. The van der Waals surface area contributed by atoms with Crippen molar-refractivity contribution in [3.05, 3.63) is 0 Å². The van der Waals surface area contributed by atoms with Crippen LogP contribution in [0, 0.1) is 5.92 Å². The van der Waals surface area contributed by atoms with Crippen LogP contribution in [0.1, 0.15) is 13.3 Å². The lowest BCUT2D eigenvalue weighted by atomic mass is 10.1. The topological polar surface area (TPSA) is 59.0 Å². The van der Waals surface area contributed by atoms with Gasteiger partial charge in [-0.1, -0.05) is 11.8 Å². The molecule has 2 rings (SSSR count). The van der Waals surface area contributed by atoms with Crippen molar-refractivity contribution in [2.45, 2.75) is 13.3 Å². The number of hydrogen-bond acceptors (Lipinski definition) is 5. The van der Waals surface area contributed by atoms with Crippen LogP contribution in [-0.2, 0) is 14.3 Å². The standard InChI is InChI=1S/C10H14N2O3S/c1-2-15-9(14)7-5-8(13)12(6-7)10-11-3-4-16-10/h7H,2-6H2,1H3/t7-/m1/s1. The van der Waals surface area contributed by atoms with E-state index < -0.39 is 0 Å². The van der Waals surface area contributed by atoms with Gasteiger partial charge in [-0.2, -0.15) is 0 Å². The highest BCUT2D eigenvalue weighted by atomic mass is 32.2. The van der Waals surface area contributed by atoms with Gasteiger partial charge in [-0.25, -0.2) is 0 Å². The lowest BCUT2D eigenvalue weighted by Crippen LogP contribution is -2.30. The lowest BCUT2D eigenvalue weighted by Gasteiger charge is -2.14. The minimum Gasteiger partial charge on any atom is -0.466 e. The maximum atomic E-state index is 11.7. The summed E-state index contributed by atoms with van der Waals surface area (Å²) in [5.74, 6) is 0.299. The molecule has 6 heteroatoms. The first-order chi connectivity index (χ1) is 7.72. The van der Waals surface area contributed by atoms with Crippen LogP contribution in [0.5, 0.6) is 0 Å². The first kappa shape index (κ1) is 11.4. The van der Waals surface area contributed by atoms with E-state index in [-0.39, 0.29) is 24.2 Å². The fraction of sp³-hybridized carbons (Fsp3) is 0.700. The van der Waals surface area contributed by atoms with E-state index in [1.54, 1.807) is 23.6 Å². The van der Waals surface area contributed by atoms with E-state index in [9.17, 15) is 9.59 Å². The van der Waals surface area contributed by atoms with E-state index in [1.807, 2.05) is 0 Å². The van der Waals surface area contributed by atoms with Crippen molar-refractivity contribution >= 4 is 28.8 Å². The van der Waals surface area contributed by atoms with Crippen molar-refractivity contribution in [3.63, 3.8) is 0 Å². The minimum atomic E-state index is -0.323. The van der Waals surface area contributed by atoms with Crippen LogP contribution in [-0.4, -0.2) is 47.4 Å². The zero-order valence-electron chi connectivity index (χ0n) is 9.14. The van der Waals surface area contributed by atoms with Crippen LogP contribution >= 0.6 is 11.8 Å². The van der Waals surface area contributed by atoms with Gasteiger partial charge in [-0.05, 0) is 6.92 Å². The summed E-state index contributed by atoms with van der Waals surface area (Å²) >= 11 is 1.57. The average Bonchev–Trinajstić information content (AvgIpc) is 2.86. The molecule has 0 bridgehead atoms. The fourth-order valence-corrected chi connectivity index (χ4v) is 2.68. The first-order valence-corrected chi connectivity index (χ1v) is 6.35. The molecular weight excluding hydrogens is 228 g/mol. The highest BCUT2D eigenvalue weighted by molar-refractivity contribution is 8.14. The third kappa shape index (κ3) is 2.21. The van der Waals surface area contributed by atoms with E-state index in [2.05, 4.69) is 4.99 Å². The molecule has 88 valence electrons. The Morgan fingerprint density at radius 1 is 1.69 bits per heavy atom. The minimum absolute atomic E-state index is 0.0220. The predicted octanol–water partition coefficient (Wildman–Crippen LogP) is 0.501. The molecule has 2 heterocycles. The molecule has 16 heavy (non-hydrogen) atoms. The molecule has 0 N–H and O–H groups in total. The van der Waals surface area contributed by atoms with Crippen molar-refractivity contribution in [2.24, 2.45) is 10.9 Å². The molecule has 0 aromatic heterocycles. The monoisotopic (exact) mass is 242 g/mol. The molecule has 1 atom stereocenters. The lowest BCUT2D eigenvalue weighted by molar-refractivity contribution is -0.147. The SMILES string of the molecule is CCOC(=O)[C@@H]1CC(=O)N(C2=NCCS2)C1. The summed E-state index contributed by atoms with van der Waals surface area (Å²) in [4.78, 5) is 29.1. The second-order valence-corrected chi connectivity index (χ2v) is 4.73. The van der Waals surface area contributed by atoms with E-state index in [0.717, 1.165) is 17.5 Å². The number of rotatable bonds is 2. The summed E-state index contributed by atoms with van der Waals surface area (Å²) < 4.78 is 4.92. The average molecular weight is 242 g/mol. The van der Waals surface area contributed by atoms with Crippen LogP contribution in [0.2, 0.25) is 0 Å². The third-order valence-corrected chi connectivity index (χ3v) is 3.54. The second kappa shape index (κ2) is 4.86. The molecule has 1 amide bonds. The maximum absolute atomic E-state index is 11.7. The van der Waals surface area contributed by atoms with Crippen molar-refractivity contribution < 1.29 is 14.3 Å². The fourth-order valence-electron chi connectivity index (χ4n) is 1.80. The number of aliphatic imine (C=N–C) groups is 1. The number of hydrogen-bond donors (Lipinski definition) is 0. The largest absolute Gasteiger partial charge is 0.466 e. The molecule has 2 aliphatic heterocycles. The number of nitrogens with zero attached hydrogens (tertiary/aromatic N) is 2. The second-order valence-electron chi connectivity index (χ2n) is 3.67. The molecule has 0 unspecified atom stereocenters. The van der Waals surface area contributed by atoms with E-state index >= 15 is 0 Å². The predicted molar refractivity (Wildman–Crippen MR) is 61.2 cm³/mol. The van der Waals surface area contributed by atoms with Gasteiger partial charge in [0.05, 0.1) is 19.1 Å².